The summed E-state index contributed by atoms with van der Waals surface area (Å²) in [7, 11) is 1.74. The number of ether oxygens (including phenoxy) is 1. The van der Waals surface area contributed by atoms with E-state index in [2.05, 4.69) is 38.1 Å². The van der Waals surface area contributed by atoms with E-state index in [9.17, 15) is 0 Å². The zero-order valence-corrected chi connectivity index (χ0v) is 10.4. The van der Waals surface area contributed by atoms with Crippen LogP contribution < -0.4 is 5.73 Å². The number of hydrogen-bond acceptors (Lipinski definition) is 2. The van der Waals surface area contributed by atoms with Crippen molar-refractivity contribution in [2.75, 3.05) is 20.3 Å². The van der Waals surface area contributed by atoms with Crippen molar-refractivity contribution in [3.05, 3.63) is 41.5 Å². The van der Waals surface area contributed by atoms with E-state index in [4.69, 9.17) is 10.5 Å². The van der Waals surface area contributed by atoms with Gasteiger partial charge in [0.2, 0.25) is 0 Å². The lowest BCUT2D eigenvalue weighted by molar-refractivity contribution is 0.146. The fourth-order valence-electron chi connectivity index (χ4n) is 1.69. The Labute approximate surface area is 98.1 Å². The van der Waals surface area contributed by atoms with E-state index < -0.39 is 0 Å². The zero-order valence-electron chi connectivity index (χ0n) is 10.4. The number of benzene rings is 1. The van der Waals surface area contributed by atoms with Gasteiger partial charge in [-0.1, -0.05) is 50.3 Å². The van der Waals surface area contributed by atoms with Crippen molar-refractivity contribution in [2.24, 2.45) is 5.73 Å². The SMILES string of the molecule is COCC(C)(C)c1ccc(/C=C/CN)cc1. The molecule has 0 amide bonds. The predicted octanol–water partition coefficient (Wildman–Crippen LogP) is 2.58. The van der Waals surface area contributed by atoms with Crippen molar-refractivity contribution in [3.63, 3.8) is 0 Å². The molecular formula is C14H21NO. The first kappa shape index (κ1) is 12.9. The lowest BCUT2D eigenvalue weighted by Crippen LogP contribution is -2.23. The van der Waals surface area contributed by atoms with Gasteiger partial charge in [0, 0.05) is 19.1 Å². The van der Waals surface area contributed by atoms with Crippen LogP contribution in [-0.2, 0) is 10.2 Å². The molecule has 0 saturated carbocycles. The minimum Gasteiger partial charge on any atom is -0.384 e. The van der Waals surface area contributed by atoms with Crippen LogP contribution in [0.25, 0.3) is 6.08 Å². The standard InChI is InChI=1S/C14H21NO/c1-14(2,11-16-3)13-8-6-12(7-9-13)5-4-10-15/h4-9H,10-11,15H2,1-3H3/b5-4+. The normalized spacial score (nSPS) is 12.2. The Morgan fingerprint density at radius 1 is 1.25 bits per heavy atom. The molecule has 1 aromatic rings. The highest BCUT2D eigenvalue weighted by Crippen LogP contribution is 2.23. The molecular weight excluding hydrogens is 198 g/mol. The van der Waals surface area contributed by atoms with E-state index >= 15 is 0 Å². The molecule has 0 fully saturated rings. The molecule has 0 spiro atoms. The molecule has 0 heterocycles. The Hall–Kier alpha value is -1.12. The summed E-state index contributed by atoms with van der Waals surface area (Å²) in [5.74, 6) is 0. The first-order valence-corrected chi connectivity index (χ1v) is 5.56. The molecule has 0 aliphatic rings. The molecule has 1 rings (SSSR count). The minimum atomic E-state index is 0.0604. The van der Waals surface area contributed by atoms with Crippen LogP contribution in [0.15, 0.2) is 30.3 Å². The van der Waals surface area contributed by atoms with Gasteiger partial charge in [-0.15, -0.1) is 0 Å². The minimum absolute atomic E-state index is 0.0604. The van der Waals surface area contributed by atoms with Crippen molar-refractivity contribution in [1.82, 2.24) is 0 Å². The van der Waals surface area contributed by atoms with Crippen LogP contribution in [-0.4, -0.2) is 20.3 Å². The van der Waals surface area contributed by atoms with Gasteiger partial charge in [0.25, 0.3) is 0 Å². The highest BCUT2D eigenvalue weighted by Gasteiger charge is 2.19. The van der Waals surface area contributed by atoms with Crippen LogP contribution in [0.1, 0.15) is 25.0 Å². The Balaban J connectivity index is 2.82. The van der Waals surface area contributed by atoms with Gasteiger partial charge < -0.3 is 10.5 Å². The van der Waals surface area contributed by atoms with Crippen LogP contribution in [0.4, 0.5) is 0 Å². The Morgan fingerprint density at radius 2 is 1.88 bits per heavy atom. The van der Waals surface area contributed by atoms with Gasteiger partial charge in [-0.05, 0) is 11.1 Å². The van der Waals surface area contributed by atoms with Gasteiger partial charge in [0.1, 0.15) is 0 Å². The molecule has 0 aromatic heterocycles. The van der Waals surface area contributed by atoms with Gasteiger partial charge in [-0.2, -0.15) is 0 Å². The molecule has 2 heteroatoms. The van der Waals surface area contributed by atoms with Gasteiger partial charge >= 0.3 is 0 Å². The maximum absolute atomic E-state index is 5.41. The molecule has 88 valence electrons. The van der Waals surface area contributed by atoms with E-state index in [0.717, 1.165) is 6.61 Å². The van der Waals surface area contributed by atoms with Crippen molar-refractivity contribution in [1.29, 1.82) is 0 Å². The molecule has 1 aromatic carbocycles. The molecule has 16 heavy (non-hydrogen) atoms. The summed E-state index contributed by atoms with van der Waals surface area (Å²) in [5, 5.41) is 0. The fourth-order valence-corrected chi connectivity index (χ4v) is 1.69. The van der Waals surface area contributed by atoms with Crippen LogP contribution in [0.5, 0.6) is 0 Å². The monoisotopic (exact) mass is 219 g/mol. The molecule has 0 saturated heterocycles. The van der Waals surface area contributed by atoms with Crippen LogP contribution in [0.2, 0.25) is 0 Å². The average molecular weight is 219 g/mol. The number of rotatable bonds is 5. The lowest BCUT2D eigenvalue weighted by Gasteiger charge is -2.24. The zero-order chi connectivity index (χ0) is 12.0. The molecule has 0 bridgehead atoms. The van der Waals surface area contributed by atoms with E-state index in [1.165, 1.54) is 11.1 Å². The Kier molecular flexibility index (Phi) is 4.71. The van der Waals surface area contributed by atoms with Crippen LogP contribution in [0.3, 0.4) is 0 Å². The van der Waals surface area contributed by atoms with Crippen LogP contribution >= 0.6 is 0 Å². The Morgan fingerprint density at radius 3 is 2.38 bits per heavy atom. The largest absolute Gasteiger partial charge is 0.384 e. The maximum atomic E-state index is 5.41. The van der Waals surface area contributed by atoms with E-state index in [1.807, 2.05) is 12.2 Å². The molecule has 0 aliphatic heterocycles. The van der Waals surface area contributed by atoms with Gasteiger partial charge in [-0.25, -0.2) is 0 Å². The third-order valence-corrected chi connectivity index (χ3v) is 2.64. The number of methoxy groups -OCH3 is 1. The molecule has 2 N–H and O–H groups in total. The quantitative estimate of drug-likeness (QED) is 0.826. The summed E-state index contributed by atoms with van der Waals surface area (Å²) in [6.45, 7) is 5.67. The van der Waals surface area contributed by atoms with Crippen molar-refractivity contribution < 1.29 is 4.74 Å². The summed E-state index contributed by atoms with van der Waals surface area (Å²) in [6.07, 6.45) is 3.99. The molecule has 0 atom stereocenters. The van der Waals surface area contributed by atoms with E-state index in [0.29, 0.717) is 6.54 Å². The second kappa shape index (κ2) is 5.83. The summed E-state index contributed by atoms with van der Waals surface area (Å²) in [6, 6.07) is 8.52. The van der Waals surface area contributed by atoms with Crippen molar-refractivity contribution in [2.45, 2.75) is 19.3 Å². The predicted molar refractivity (Wildman–Crippen MR) is 69.4 cm³/mol. The highest BCUT2D eigenvalue weighted by molar-refractivity contribution is 5.50. The average Bonchev–Trinajstić information content (AvgIpc) is 2.27. The third kappa shape index (κ3) is 3.47. The van der Waals surface area contributed by atoms with Crippen molar-refractivity contribution >= 4 is 6.08 Å². The number of hydrogen-bond donors (Lipinski definition) is 1. The Bertz CT molecular complexity index is 338. The van der Waals surface area contributed by atoms with Gasteiger partial charge in [0.15, 0.2) is 0 Å². The second-order valence-corrected chi connectivity index (χ2v) is 4.58. The summed E-state index contributed by atoms with van der Waals surface area (Å²) in [5.41, 5.74) is 7.95. The van der Waals surface area contributed by atoms with E-state index in [-0.39, 0.29) is 5.41 Å². The topological polar surface area (TPSA) is 35.2 Å². The molecule has 0 radical (unpaired) electrons. The molecule has 0 aliphatic carbocycles. The fraction of sp³-hybridized carbons (Fsp3) is 0.429. The molecule has 2 nitrogen and oxygen atoms in total. The van der Waals surface area contributed by atoms with E-state index in [1.54, 1.807) is 7.11 Å². The highest BCUT2D eigenvalue weighted by atomic mass is 16.5. The summed E-state index contributed by atoms with van der Waals surface area (Å²) < 4.78 is 5.23. The van der Waals surface area contributed by atoms with Crippen molar-refractivity contribution in [3.8, 4) is 0 Å². The first-order valence-electron chi connectivity index (χ1n) is 5.56. The third-order valence-electron chi connectivity index (χ3n) is 2.64. The molecule has 0 unspecified atom stereocenters. The lowest BCUT2D eigenvalue weighted by atomic mass is 9.85. The van der Waals surface area contributed by atoms with Gasteiger partial charge in [0.05, 0.1) is 6.61 Å². The first-order chi connectivity index (χ1) is 7.60. The summed E-state index contributed by atoms with van der Waals surface area (Å²) >= 11 is 0. The van der Waals surface area contributed by atoms with Crippen LogP contribution in [0, 0.1) is 0 Å². The van der Waals surface area contributed by atoms with Gasteiger partial charge in [-0.3, -0.25) is 0 Å². The maximum Gasteiger partial charge on any atom is 0.0553 e. The smallest absolute Gasteiger partial charge is 0.0553 e. The summed E-state index contributed by atoms with van der Waals surface area (Å²) in [4.78, 5) is 0. The number of nitrogens with two attached hydrogens (primary N) is 1. The second-order valence-electron chi connectivity index (χ2n) is 4.58.